The van der Waals surface area contributed by atoms with E-state index in [-0.39, 0.29) is 23.4 Å². The Morgan fingerprint density at radius 3 is 2.54 bits per heavy atom. The number of carbonyl (C=O) groups excluding carboxylic acids is 1. The van der Waals surface area contributed by atoms with Crippen LogP contribution in [0.2, 0.25) is 0 Å². The number of nitrogens with zero attached hydrogens (tertiary/aromatic N) is 2. The number of likely N-dealkylation sites (tertiary alicyclic amines) is 1. The molecule has 2 unspecified atom stereocenters. The van der Waals surface area contributed by atoms with E-state index in [0.717, 1.165) is 58.0 Å². The van der Waals surface area contributed by atoms with E-state index < -0.39 is 0 Å². The molecular formula is C20H37N3O3. The molecule has 0 aliphatic carbocycles. The van der Waals surface area contributed by atoms with E-state index >= 15 is 0 Å². The monoisotopic (exact) mass is 367 g/mol. The van der Waals surface area contributed by atoms with Crippen molar-refractivity contribution in [3.8, 4) is 0 Å². The van der Waals surface area contributed by atoms with Crippen LogP contribution in [0.4, 0.5) is 0 Å². The van der Waals surface area contributed by atoms with Crippen LogP contribution in [-0.2, 0) is 14.3 Å². The molecule has 6 nitrogen and oxygen atoms in total. The van der Waals surface area contributed by atoms with Crippen LogP contribution < -0.4 is 5.32 Å². The van der Waals surface area contributed by atoms with Gasteiger partial charge in [0.05, 0.1) is 19.1 Å². The summed E-state index contributed by atoms with van der Waals surface area (Å²) in [5.41, 5.74) is 0.137. The van der Waals surface area contributed by atoms with Gasteiger partial charge in [0.1, 0.15) is 0 Å². The third-order valence-corrected chi connectivity index (χ3v) is 5.44. The smallest absolute Gasteiger partial charge is 0.308 e. The fourth-order valence-electron chi connectivity index (χ4n) is 4.11. The minimum absolute atomic E-state index is 0.0242. The number of piperidine rings is 1. The van der Waals surface area contributed by atoms with Crippen molar-refractivity contribution in [2.45, 2.75) is 59.5 Å². The first-order valence-corrected chi connectivity index (χ1v) is 10.1. The molecule has 2 saturated heterocycles. The standard InChI is InChI=1S/C20H37N3O3/c1-6-21-19(23-11-9-15(10-12-23)18(24)25-5)22-14-16-8-7-13-26-17(16)20(2,3)4/h15-17H,6-14H2,1-5H3,(H,21,22). The Hall–Kier alpha value is -1.30. The van der Waals surface area contributed by atoms with Crippen molar-refractivity contribution in [1.82, 2.24) is 10.2 Å². The van der Waals surface area contributed by atoms with Gasteiger partial charge in [0.2, 0.25) is 0 Å². The summed E-state index contributed by atoms with van der Waals surface area (Å²) in [6.45, 7) is 13.0. The van der Waals surface area contributed by atoms with Gasteiger partial charge in [0.15, 0.2) is 5.96 Å². The molecule has 0 radical (unpaired) electrons. The van der Waals surface area contributed by atoms with Crippen LogP contribution in [0.1, 0.15) is 53.4 Å². The molecule has 0 aromatic rings. The molecule has 0 aromatic carbocycles. The van der Waals surface area contributed by atoms with Crippen LogP contribution in [-0.4, -0.2) is 62.8 Å². The number of rotatable bonds is 4. The maximum atomic E-state index is 11.7. The van der Waals surface area contributed by atoms with Crippen molar-refractivity contribution in [3.63, 3.8) is 0 Å². The third kappa shape index (κ3) is 5.60. The zero-order valence-electron chi connectivity index (χ0n) is 17.2. The Morgan fingerprint density at radius 2 is 1.96 bits per heavy atom. The zero-order valence-corrected chi connectivity index (χ0v) is 17.2. The van der Waals surface area contributed by atoms with E-state index in [9.17, 15) is 4.79 Å². The second-order valence-electron chi connectivity index (χ2n) is 8.54. The number of hydrogen-bond donors (Lipinski definition) is 1. The lowest BCUT2D eigenvalue weighted by Gasteiger charge is -2.40. The molecule has 2 rings (SSSR count). The first kappa shape index (κ1) is 21.0. The van der Waals surface area contributed by atoms with Crippen LogP contribution >= 0.6 is 0 Å². The van der Waals surface area contributed by atoms with Gasteiger partial charge < -0.3 is 19.7 Å². The summed E-state index contributed by atoms with van der Waals surface area (Å²) in [5, 5.41) is 3.42. The zero-order chi connectivity index (χ0) is 19.2. The van der Waals surface area contributed by atoms with Crippen LogP contribution in [0, 0.1) is 17.3 Å². The summed E-state index contributed by atoms with van der Waals surface area (Å²) in [6, 6.07) is 0. The van der Waals surface area contributed by atoms with Gasteiger partial charge in [-0.2, -0.15) is 0 Å². The highest BCUT2D eigenvalue weighted by atomic mass is 16.5. The molecule has 2 fully saturated rings. The molecule has 150 valence electrons. The molecule has 0 bridgehead atoms. The quantitative estimate of drug-likeness (QED) is 0.470. The summed E-state index contributed by atoms with van der Waals surface area (Å²) < 4.78 is 11.0. The van der Waals surface area contributed by atoms with Crippen LogP contribution in [0.25, 0.3) is 0 Å². The SMILES string of the molecule is CCNC(=NCC1CCCOC1C(C)(C)C)N1CCC(C(=O)OC)CC1. The lowest BCUT2D eigenvalue weighted by molar-refractivity contribution is -0.146. The van der Waals surface area contributed by atoms with E-state index in [1.165, 1.54) is 13.5 Å². The van der Waals surface area contributed by atoms with E-state index in [1.54, 1.807) is 0 Å². The highest BCUT2D eigenvalue weighted by molar-refractivity contribution is 5.80. The number of esters is 1. The van der Waals surface area contributed by atoms with Crippen LogP contribution in [0.3, 0.4) is 0 Å². The number of carbonyl (C=O) groups is 1. The lowest BCUT2D eigenvalue weighted by atomic mass is 9.78. The van der Waals surface area contributed by atoms with Crippen molar-refractivity contribution in [2.75, 3.05) is 39.9 Å². The van der Waals surface area contributed by atoms with Gasteiger partial charge in [-0.3, -0.25) is 9.79 Å². The van der Waals surface area contributed by atoms with Gasteiger partial charge in [0.25, 0.3) is 0 Å². The fourth-order valence-corrected chi connectivity index (χ4v) is 4.11. The van der Waals surface area contributed by atoms with E-state index in [4.69, 9.17) is 14.5 Å². The number of methoxy groups -OCH3 is 1. The normalized spacial score (nSPS) is 25.9. The van der Waals surface area contributed by atoms with Crippen molar-refractivity contribution in [3.05, 3.63) is 0 Å². The Balaban J connectivity index is 1.99. The Labute approximate surface area is 158 Å². The summed E-state index contributed by atoms with van der Waals surface area (Å²) in [6.07, 6.45) is 4.21. The molecule has 2 atom stereocenters. The second-order valence-corrected chi connectivity index (χ2v) is 8.54. The molecule has 2 aliphatic heterocycles. The van der Waals surface area contributed by atoms with E-state index in [2.05, 4.69) is 37.9 Å². The molecule has 6 heteroatoms. The third-order valence-electron chi connectivity index (χ3n) is 5.44. The molecule has 0 saturated carbocycles. The first-order valence-electron chi connectivity index (χ1n) is 10.1. The van der Waals surface area contributed by atoms with Crippen molar-refractivity contribution in [2.24, 2.45) is 22.2 Å². The van der Waals surface area contributed by atoms with Gasteiger partial charge in [-0.05, 0) is 38.0 Å². The van der Waals surface area contributed by atoms with Gasteiger partial charge >= 0.3 is 5.97 Å². The molecule has 2 aliphatic rings. The van der Waals surface area contributed by atoms with Gasteiger partial charge in [-0.25, -0.2) is 0 Å². The number of hydrogen-bond acceptors (Lipinski definition) is 4. The molecule has 26 heavy (non-hydrogen) atoms. The number of aliphatic imine (C=N–C) groups is 1. The van der Waals surface area contributed by atoms with Gasteiger partial charge in [0, 0.05) is 38.7 Å². The summed E-state index contributed by atoms with van der Waals surface area (Å²) in [5.74, 6) is 1.37. The molecule has 1 N–H and O–H groups in total. The average molecular weight is 368 g/mol. The summed E-state index contributed by atoms with van der Waals surface area (Å²) in [4.78, 5) is 19.0. The largest absolute Gasteiger partial charge is 0.469 e. The van der Waals surface area contributed by atoms with E-state index in [0.29, 0.717) is 5.92 Å². The predicted molar refractivity (Wildman–Crippen MR) is 104 cm³/mol. The Morgan fingerprint density at radius 1 is 1.27 bits per heavy atom. The topological polar surface area (TPSA) is 63.2 Å². The number of ether oxygens (including phenoxy) is 2. The lowest BCUT2D eigenvalue weighted by Crippen LogP contribution is -2.47. The minimum Gasteiger partial charge on any atom is -0.469 e. The molecule has 0 spiro atoms. The highest BCUT2D eigenvalue weighted by Crippen LogP contribution is 2.34. The fraction of sp³-hybridized carbons (Fsp3) is 0.900. The van der Waals surface area contributed by atoms with Gasteiger partial charge in [-0.1, -0.05) is 20.8 Å². The summed E-state index contributed by atoms with van der Waals surface area (Å²) >= 11 is 0. The van der Waals surface area contributed by atoms with Crippen LogP contribution in [0.5, 0.6) is 0 Å². The van der Waals surface area contributed by atoms with Crippen LogP contribution in [0.15, 0.2) is 4.99 Å². The molecular weight excluding hydrogens is 330 g/mol. The maximum absolute atomic E-state index is 11.7. The van der Waals surface area contributed by atoms with E-state index in [1.807, 2.05) is 0 Å². The molecule has 0 amide bonds. The Bertz CT molecular complexity index is 479. The number of guanidine groups is 1. The Kier molecular flexibility index (Phi) is 7.74. The first-order chi connectivity index (χ1) is 12.4. The van der Waals surface area contributed by atoms with Crippen molar-refractivity contribution < 1.29 is 14.3 Å². The predicted octanol–water partition coefficient (Wildman–Crippen LogP) is 2.68. The second kappa shape index (κ2) is 9.58. The number of nitrogens with one attached hydrogen (secondary N) is 1. The maximum Gasteiger partial charge on any atom is 0.308 e. The summed E-state index contributed by atoms with van der Waals surface area (Å²) in [7, 11) is 1.47. The average Bonchev–Trinajstić information content (AvgIpc) is 2.64. The minimum atomic E-state index is -0.0843. The molecule has 2 heterocycles. The molecule has 0 aromatic heterocycles. The highest BCUT2D eigenvalue weighted by Gasteiger charge is 2.35. The van der Waals surface area contributed by atoms with Gasteiger partial charge in [-0.15, -0.1) is 0 Å². The van der Waals surface area contributed by atoms with Crippen molar-refractivity contribution in [1.29, 1.82) is 0 Å². The van der Waals surface area contributed by atoms with Crippen molar-refractivity contribution >= 4 is 11.9 Å².